The largest absolute Gasteiger partial charge is 0.484 e. The predicted octanol–water partition coefficient (Wildman–Crippen LogP) is 3.81. The first-order valence-corrected chi connectivity index (χ1v) is 9.16. The molecule has 144 valence electrons. The van der Waals surface area contributed by atoms with Gasteiger partial charge < -0.3 is 15.0 Å². The molecule has 0 aliphatic rings. The van der Waals surface area contributed by atoms with E-state index in [0.717, 1.165) is 16.7 Å². The number of nitrogens with one attached hydrogen (secondary N) is 1. The fourth-order valence-electron chi connectivity index (χ4n) is 2.82. The Labute approximate surface area is 165 Å². The lowest BCUT2D eigenvalue weighted by molar-refractivity contribution is -0.123. The summed E-state index contributed by atoms with van der Waals surface area (Å²) < 4.78 is 5.45. The lowest BCUT2D eigenvalue weighted by atomic mass is 10.1. The van der Waals surface area contributed by atoms with Crippen molar-refractivity contribution in [2.24, 2.45) is 0 Å². The van der Waals surface area contributed by atoms with Gasteiger partial charge in [0, 0.05) is 20.0 Å². The zero-order valence-corrected chi connectivity index (χ0v) is 16.9. The molecule has 0 unspecified atom stereocenters. The summed E-state index contributed by atoms with van der Waals surface area (Å²) in [6.45, 7) is 7.90. The van der Waals surface area contributed by atoms with Crippen LogP contribution in [-0.2, 0) is 9.59 Å². The Kier molecular flexibility index (Phi) is 7.25. The van der Waals surface area contributed by atoms with Crippen LogP contribution in [-0.4, -0.2) is 31.5 Å². The molecule has 0 spiro atoms. The van der Waals surface area contributed by atoms with Crippen molar-refractivity contribution in [1.29, 1.82) is 0 Å². The number of amides is 2. The molecule has 0 bridgehead atoms. The maximum atomic E-state index is 12.1. The molecule has 0 heterocycles. The Morgan fingerprint density at radius 2 is 1.74 bits per heavy atom. The van der Waals surface area contributed by atoms with Gasteiger partial charge in [0.05, 0.1) is 10.7 Å². The van der Waals surface area contributed by atoms with Gasteiger partial charge in [0.1, 0.15) is 5.75 Å². The Bertz CT molecular complexity index is 796. The molecular weight excluding hydrogens is 364 g/mol. The van der Waals surface area contributed by atoms with Crippen molar-refractivity contribution in [1.82, 2.24) is 5.32 Å². The minimum atomic E-state index is -0.245. The zero-order valence-electron chi connectivity index (χ0n) is 16.1. The number of nitrogens with zero attached hydrogens (tertiary/aromatic N) is 1. The second-order valence-corrected chi connectivity index (χ2v) is 6.94. The van der Waals surface area contributed by atoms with Crippen LogP contribution in [0.3, 0.4) is 0 Å². The van der Waals surface area contributed by atoms with Crippen LogP contribution in [0.15, 0.2) is 36.4 Å². The van der Waals surface area contributed by atoms with Crippen LogP contribution in [0.1, 0.15) is 23.6 Å². The summed E-state index contributed by atoms with van der Waals surface area (Å²) >= 11 is 6.34. The van der Waals surface area contributed by atoms with Gasteiger partial charge >= 0.3 is 0 Å². The first kappa shape index (κ1) is 20.8. The quantitative estimate of drug-likeness (QED) is 0.784. The van der Waals surface area contributed by atoms with E-state index in [1.54, 1.807) is 4.90 Å². The number of anilines is 1. The number of carbonyl (C=O) groups is 2. The molecule has 2 rings (SSSR count). The third-order valence-electron chi connectivity index (χ3n) is 4.10. The molecule has 1 N–H and O–H groups in total. The summed E-state index contributed by atoms with van der Waals surface area (Å²) in [5, 5.41) is 3.29. The minimum Gasteiger partial charge on any atom is -0.484 e. The molecule has 0 saturated heterocycles. The van der Waals surface area contributed by atoms with Gasteiger partial charge in [0.25, 0.3) is 5.91 Å². The monoisotopic (exact) mass is 388 g/mol. The number of hydrogen-bond donors (Lipinski definition) is 1. The summed E-state index contributed by atoms with van der Waals surface area (Å²) in [6, 6.07) is 11.3. The van der Waals surface area contributed by atoms with E-state index in [9.17, 15) is 9.59 Å². The van der Waals surface area contributed by atoms with Crippen molar-refractivity contribution >= 4 is 29.1 Å². The van der Waals surface area contributed by atoms with E-state index < -0.39 is 0 Å². The molecule has 0 saturated carbocycles. The van der Waals surface area contributed by atoms with Gasteiger partial charge in [-0.15, -0.1) is 0 Å². The molecular formula is C21H25ClN2O3. The summed E-state index contributed by atoms with van der Waals surface area (Å²) in [5.74, 6) is 0.267. The van der Waals surface area contributed by atoms with Gasteiger partial charge in [0.2, 0.25) is 5.91 Å². The molecule has 0 atom stereocenters. The van der Waals surface area contributed by atoms with Crippen LogP contribution in [0.2, 0.25) is 5.02 Å². The minimum absolute atomic E-state index is 0.0759. The smallest absolute Gasteiger partial charge is 0.258 e. The fraction of sp³-hybridized carbons (Fsp3) is 0.333. The maximum absolute atomic E-state index is 12.1. The topological polar surface area (TPSA) is 58.6 Å². The van der Waals surface area contributed by atoms with E-state index >= 15 is 0 Å². The van der Waals surface area contributed by atoms with E-state index in [-0.39, 0.29) is 18.4 Å². The average molecular weight is 389 g/mol. The number of halogens is 1. The van der Waals surface area contributed by atoms with Crippen LogP contribution in [0, 0.1) is 20.8 Å². The van der Waals surface area contributed by atoms with E-state index in [1.807, 2.05) is 57.2 Å². The van der Waals surface area contributed by atoms with Gasteiger partial charge in [-0.05, 0) is 50.1 Å². The number of benzene rings is 2. The van der Waals surface area contributed by atoms with Gasteiger partial charge in [-0.3, -0.25) is 9.59 Å². The number of hydrogen-bond acceptors (Lipinski definition) is 3. The lowest BCUT2D eigenvalue weighted by Crippen LogP contribution is -2.39. The molecule has 6 heteroatoms. The summed E-state index contributed by atoms with van der Waals surface area (Å²) in [6.07, 6.45) is 0. The SMILES string of the molecule is CC(=O)N(CCNC(=O)COc1ccc(C)cc1)c1c(C)cc(C)cc1Cl. The zero-order chi connectivity index (χ0) is 20.0. The highest BCUT2D eigenvalue weighted by molar-refractivity contribution is 6.34. The standard InChI is InChI=1S/C21H25ClN2O3/c1-14-5-7-18(8-6-14)27-13-20(26)23-9-10-24(17(4)25)21-16(3)11-15(2)12-19(21)22/h5-8,11-12H,9-10,13H2,1-4H3,(H,23,26). The van der Waals surface area contributed by atoms with Crippen molar-refractivity contribution in [2.75, 3.05) is 24.6 Å². The van der Waals surface area contributed by atoms with E-state index in [0.29, 0.717) is 29.5 Å². The van der Waals surface area contributed by atoms with Crippen molar-refractivity contribution in [3.63, 3.8) is 0 Å². The molecule has 5 nitrogen and oxygen atoms in total. The number of carbonyl (C=O) groups excluding carboxylic acids is 2. The van der Waals surface area contributed by atoms with E-state index in [4.69, 9.17) is 16.3 Å². The van der Waals surface area contributed by atoms with Crippen molar-refractivity contribution in [3.8, 4) is 5.75 Å². The maximum Gasteiger partial charge on any atom is 0.258 e. The van der Waals surface area contributed by atoms with Crippen molar-refractivity contribution < 1.29 is 14.3 Å². The van der Waals surface area contributed by atoms with Crippen molar-refractivity contribution in [2.45, 2.75) is 27.7 Å². The summed E-state index contributed by atoms with van der Waals surface area (Å²) in [4.78, 5) is 25.6. The number of ether oxygens (including phenoxy) is 1. The molecule has 0 aromatic heterocycles. The van der Waals surface area contributed by atoms with Gasteiger partial charge in [-0.25, -0.2) is 0 Å². The molecule has 0 fully saturated rings. The summed E-state index contributed by atoms with van der Waals surface area (Å²) in [5.41, 5.74) is 3.76. The predicted molar refractivity (Wildman–Crippen MR) is 109 cm³/mol. The highest BCUT2D eigenvalue weighted by atomic mass is 35.5. The third kappa shape index (κ3) is 6.00. The molecule has 2 amide bonds. The Hall–Kier alpha value is -2.53. The second-order valence-electron chi connectivity index (χ2n) is 6.53. The van der Waals surface area contributed by atoms with Crippen LogP contribution >= 0.6 is 11.6 Å². The first-order chi connectivity index (χ1) is 12.8. The Morgan fingerprint density at radius 1 is 1.07 bits per heavy atom. The van der Waals surface area contributed by atoms with Crippen LogP contribution in [0.25, 0.3) is 0 Å². The molecule has 27 heavy (non-hydrogen) atoms. The number of rotatable bonds is 7. The van der Waals surface area contributed by atoms with Crippen LogP contribution in [0.4, 0.5) is 5.69 Å². The molecule has 2 aromatic rings. The summed E-state index contributed by atoms with van der Waals surface area (Å²) in [7, 11) is 0. The Morgan fingerprint density at radius 3 is 2.33 bits per heavy atom. The number of aryl methyl sites for hydroxylation is 3. The third-order valence-corrected chi connectivity index (χ3v) is 4.38. The van der Waals surface area contributed by atoms with Gasteiger partial charge in [0.15, 0.2) is 6.61 Å². The van der Waals surface area contributed by atoms with Crippen molar-refractivity contribution in [3.05, 3.63) is 58.1 Å². The molecule has 0 radical (unpaired) electrons. The fourth-order valence-corrected chi connectivity index (χ4v) is 3.24. The average Bonchev–Trinajstić information content (AvgIpc) is 2.59. The molecule has 2 aromatic carbocycles. The van der Waals surface area contributed by atoms with Crippen LogP contribution in [0.5, 0.6) is 5.75 Å². The first-order valence-electron chi connectivity index (χ1n) is 8.79. The van der Waals surface area contributed by atoms with Crippen LogP contribution < -0.4 is 15.0 Å². The van der Waals surface area contributed by atoms with E-state index in [1.165, 1.54) is 6.92 Å². The highest BCUT2D eigenvalue weighted by Crippen LogP contribution is 2.31. The van der Waals surface area contributed by atoms with Gasteiger partial charge in [-0.2, -0.15) is 0 Å². The Balaban J connectivity index is 1.90. The van der Waals surface area contributed by atoms with Gasteiger partial charge in [-0.1, -0.05) is 35.4 Å². The van der Waals surface area contributed by atoms with E-state index in [2.05, 4.69) is 5.32 Å². The lowest BCUT2D eigenvalue weighted by Gasteiger charge is -2.25. The highest BCUT2D eigenvalue weighted by Gasteiger charge is 2.17. The molecule has 0 aliphatic heterocycles. The normalized spacial score (nSPS) is 10.4. The molecule has 0 aliphatic carbocycles. The second kappa shape index (κ2) is 9.42.